The molecule has 0 spiro atoms. The molecule has 0 aliphatic heterocycles. The van der Waals surface area contributed by atoms with Crippen LogP contribution in [0.1, 0.15) is 65.2 Å². The van der Waals surface area contributed by atoms with E-state index in [1.54, 1.807) is 0 Å². The molecule has 1 fully saturated rings. The second kappa shape index (κ2) is 9.93. The highest BCUT2D eigenvalue weighted by Crippen LogP contribution is 2.46. The Hall–Kier alpha value is -0.220. The van der Waals surface area contributed by atoms with Gasteiger partial charge in [0.2, 0.25) is 7.37 Å². The summed E-state index contributed by atoms with van der Waals surface area (Å²) in [6.07, 6.45) is 6.06. The average molecular weight is 347 g/mol. The fourth-order valence-electron chi connectivity index (χ4n) is 3.32. The molecule has 4 N–H and O–H groups in total. The van der Waals surface area contributed by atoms with Crippen molar-refractivity contribution in [1.82, 2.24) is 0 Å². The van der Waals surface area contributed by atoms with Crippen LogP contribution >= 0.6 is 7.37 Å². The first-order chi connectivity index (χ1) is 10.7. The predicted octanol–water partition coefficient (Wildman–Crippen LogP) is 2.92. The molecule has 0 bridgehead atoms. The van der Waals surface area contributed by atoms with Crippen LogP contribution in [-0.4, -0.2) is 40.3 Å². The average Bonchev–Trinajstić information content (AvgIpc) is 2.51. The molecule has 0 aromatic heterocycles. The van der Waals surface area contributed by atoms with Crippen molar-refractivity contribution in [1.29, 1.82) is 0 Å². The lowest BCUT2D eigenvalue weighted by Crippen LogP contribution is -2.37. The molecule has 0 aromatic rings. The molecule has 136 valence electrons. The summed E-state index contributed by atoms with van der Waals surface area (Å²) in [4.78, 5) is 22.1. The van der Waals surface area contributed by atoms with Crippen molar-refractivity contribution in [2.45, 2.75) is 77.4 Å². The van der Waals surface area contributed by atoms with Crippen LogP contribution in [0.15, 0.2) is 0 Å². The van der Waals surface area contributed by atoms with E-state index in [1.807, 2.05) is 13.8 Å². The van der Waals surface area contributed by atoms with Crippen molar-refractivity contribution < 1.29 is 19.4 Å². The van der Waals surface area contributed by atoms with E-state index in [0.717, 1.165) is 32.1 Å². The van der Waals surface area contributed by atoms with Crippen LogP contribution in [0.2, 0.25) is 0 Å². The maximum atomic E-state index is 12.3. The van der Waals surface area contributed by atoms with Gasteiger partial charge in [0.15, 0.2) is 0 Å². The second-order valence-electron chi connectivity index (χ2n) is 7.29. The summed E-state index contributed by atoms with van der Waals surface area (Å²) in [5, 5.41) is 10.0. The number of Topliss-reactive ketones (excluding diaryl/α,β-unsaturated/α-hetero) is 1. The first-order valence-corrected chi connectivity index (χ1v) is 11.1. The third kappa shape index (κ3) is 7.93. The zero-order valence-corrected chi connectivity index (χ0v) is 15.5. The Morgan fingerprint density at radius 2 is 1.91 bits per heavy atom. The van der Waals surface area contributed by atoms with E-state index in [9.17, 15) is 19.4 Å². The van der Waals surface area contributed by atoms with E-state index in [-0.39, 0.29) is 30.7 Å². The molecule has 1 saturated carbocycles. The van der Waals surface area contributed by atoms with E-state index in [0.29, 0.717) is 12.1 Å². The summed E-state index contributed by atoms with van der Waals surface area (Å²) in [5.41, 5.74) is 5.87. The Bertz CT molecular complexity index is 409. The molecule has 4 atom stereocenters. The molecule has 1 aliphatic rings. The number of carbonyl (C=O) groups is 1. The van der Waals surface area contributed by atoms with Crippen LogP contribution in [-0.2, 0) is 9.36 Å². The lowest BCUT2D eigenvalue weighted by atomic mass is 9.91. The molecule has 0 aromatic carbocycles. The maximum absolute atomic E-state index is 12.3. The van der Waals surface area contributed by atoms with Crippen LogP contribution in [0, 0.1) is 11.8 Å². The minimum absolute atomic E-state index is 0.0709. The molecule has 0 amide bonds. The van der Waals surface area contributed by atoms with E-state index in [1.165, 1.54) is 6.42 Å². The Balaban J connectivity index is 2.35. The molecule has 0 radical (unpaired) electrons. The molecular formula is C17H34NO4P. The summed E-state index contributed by atoms with van der Waals surface area (Å²) >= 11 is 0. The highest BCUT2D eigenvalue weighted by Gasteiger charge is 2.28. The van der Waals surface area contributed by atoms with Crippen LogP contribution in [0.25, 0.3) is 0 Å². The highest BCUT2D eigenvalue weighted by atomic mass is 31.2. The normalized spacial score (nSPS) is 23.0. The van der Waals surface area contributed by atoms with Crippen molar-refractivity contribution >= 4 is 13.2 Å². The van der Waals surface area contributed by atoms with Gasteiger partial charge in [-0.1, -0.05) is 39.5 Å². The van der Waals surface area contributed by atoms with E-state index in [4.69, 9.17) is 5.73 Å². The van der Waals surface area contributed by atoms with Crippen LogP contribution in [0.4, 0.5) is 0 Å². The molecule has 5 nitrogen and oxygen atoms in total. The van der Waals surface area contributed by atoms with Gasteiger partial charge in [0.1, 0.15) is 5.78 Å². The van der Waals surface area contributed by atoms with Gasteiger partial charge >= 0.3 is 0 Å². The Morgan fingerprint density at radius 3 is 2.48 bits per heavy atom. The highest BCUT2D eigenvalue weighted by molar-refractivity contribution is 7.58. The zero-order chi connectivity index (χ0) is 17.5. The Morgan fingerprint density at radius 1 is 1.30 bits per heavy atom. The number of rotatable bonds is 10. The van der Waals surface area contributed by atoms with Gasteiger partial charge in [0.05, 0.1) is 18.3 Å². The molecule has 0 heterocycles. The Kier molecular flexibility index (Phi) is 8.99. The number of nitrogens with two attached hydrogens (primary N) is 1. The topological polar surface area (TPSA) is 101 Å². The van der Waals surface area contributed by atoms with Gasteiger partial charge in [-0.15, -0.1) is 0 Å². The van der Waals surface area contributed by atoms with Gasteiger partial charge in [0.25, 0.3) is 0 Å². The minimum Gasteiger partial charge on any atom is -0.393 e. The standard InChI is InChI=1S/C17H34NO4P/c1-3-13(2)17(18)16(20)10-9-15(19)12-23(21,22)11-14-7-5-4-6-8-14/h13-15,17,19H,3-12,18H2,1-2H3,(H,21,22)/t13?,15-,17+/m1/s1. The molecule has 23 heavy (non-hydrogen) atoms. The molecule has 6 heteroatoms. The van der Waals surface area contributed by atoms with Crippen molar-refractivity contribution in [3.05, 3.63) is 0 Å². The van der Waals surface area contributed by atoms with Gasteiger partial charge in [-0.05, 0) is 31.1 Å². The van der Waals surface area contributed by atoms with Crippen LogP contribution in [0.3, 0.4) is 0 Å². The van der Waals surface area contributed by atoms with Crippen molar-refractivity contribution in [3.63, 3.8) is 0 Å². The summed E-state index contributed by atoms with van der Waals surface area (Å²) in [6.45, 7) is 3.92. The lowest BCUT2D eigenvalue weighted by Gasteiger charge is -2.25. The first-order valence-electron chi connectivity index (χ1n) is 9.02. The van der Waals surface area contributed by atoms with Gasteiger partial charge in [-0.3, -0.25) is 9.36 Å². The van der Waals surface area contributed by atoms with Crippen molar-refractivity contribution in [2.75, 3.05) is 12.3 Å². The monoisotopic (exact) mass is 347 g/mol. The third-order valence-electron chi connectivity index (χ3n) is 5.12. The summed E-state index contributed by atoms with van der Waals surface area (Å²) in [5.74, 6) is 0.362. The van der Waals surface area contributed by atoms with Crippen molar-refractivity contribution in [3.8, 4) is 0 Å². The van der Waals surface area contributed by atoms with Crippen LogP contribution in [0.5, 0.6) is 0 Å². The lowest BCUT2D eigenvalue weighted by molar-refractivity contribution is -0.121. The van der Waals surface area contributed by atoms with Gasteiger partial charge < -0.3 is 15.7 Å². The number of carbonyl (C=O) groups excluding carboxylic acids is 1. The third-order valence-corrected chi connectivity index (χ3v) is 7.20. The Labute approximate surface area is 140 Å². The number of hydrogen-bond donors (Lipinski definition) is 3. The SMILES string of the molecule is CCC(C)[C@H](N)C(=O)CC[C@@H](O)CP(=O)(O)CC1CCCCC1. The summed E-state index contributed by atoms with van der Waals surface area (Å²) in [6, 6.07) is -0.504. The zero-order valence-electron chi connectivity index (χ0n) is 14.6. The van der Waals surface area contributed by atoms with Crippen LogP contribution < -0.4 is 5.73 Å². The number of aliphatic hydroxyl groups excluding tert-OH is 1. The number of aliphatic hydroxyl groups is 1. The van der Waals surface area contributed by atoms with Gasteiger partial charge in [-0.25, -0.2) is 0 Å². The van der Waals surface area contributed by atoms with E-state index >= 15 is 0 Å². The fraction of sp³-hybridized carbons (Fsp3) is 0.941. The van der Waals surface area contributed by atoms with Gasteiger partial charge in [-0.2, -0.15) is 0 Å². The second-order valence-corrected chi connectivity index (χ2v) is 9.71. The largest absolute Gasteiger partial charge is 0.393 e. The fourth-order valence-corrected chi connectivity index (χ4v) is 5.48. The molecule has 1 rings (SSSR count). The summed E-state index contributed by atoms with van der Waals surface area (Å²) in [7, 11) is -3.32. The minimum atomic E-state index is -3.32. The predicted molar refractivity (Wildman–Crippen MR) is 93.8 cm³/mol. The summed E-state index contributed by atoms with van der Waals surface area (Å²) < 4.78 is 12.3. The quantitative estimate of drug-likeness (QED) is 0.528. The van der Waals surface area contributed by atoms with Crippen molar-refractivity contribution in [2.24, 2.45) is 17.6 Å². The van der Waals surface area contributed by atoms with Gasteiger partial charge in [0, 0.05) is 12.6 Å². The van der Waals surface area contributed by atoms with E-state index in [2.05, 4.69) is 0 Å². The first kappa shape index (κ1) is 20.8. The number of hydrogen-bond acceptors (Lipinski definition) is 4. The molecular weight excluding hydrogens is 313 g/mol. The molecule has 0 saturated heterocycles. The molecule has 1 aliphatic carbocycles. The smallest absolute Gasteiger partial charge is 0.203 e. The number of ketones is 1. The molecule has 2 unspecified atom stereocenters. The maximum Gasteiger partial charge on any atom is 0.203 e. The van der Waals surface area contributed by atoms with E-state index < -0.39 is 19.5 Å².